The highest BCUT2D eigenvalue weighted by atomic mass is 19.4. The van der Waals surface area contributed by atoms with E-state index in [1.54, 1.807) is 15.9 Å². The van der Waals surface area contributed by atoms with Gasteiger partial charge >= 0.3 is 18.1 Å². The van der Waals surface area contributed by atoms with Crippen LogP contribution in [0, 0.1) is 5.82 Å². The van der Waals surface area contributed by atoms with E-state index in [2.05, 4.69) is 21.2 Å². The molecule has 11 heteroatoms. The number of alkyl halides is 3. The molecule has 7 nitrogen and oxygen atoms in total. The molecule has 0 spiro atoms. The van der Waals surface area contributed by atoms with Crippen LogP contribution in [0.15, 0.2) is 35.3 Å². The number of hydrogen-bond donors (Lipinski definition) is 0. The van der Waals surface area contributed by atoms with Crippen LogP contribution in [0.2, 0.25) is 0 Å². The fourth-order valence-corrected chi connectivity index (χ4v) is 4.10. The predicted molar refractivity (Wildman–Crippen MR) is 116 cm³/mol. The summed E-state index contributed by atoms with van der Waals surface area (Å²) < 4.78 is 63.4. The lowest BCUT2D eigenvalue weighted by atomic mass is 9.86. The van der Waals surface area contributed by atoms with Gasteiger partial charge in [0, 0.05) is 29.8 Å². The molecule has 186 valence electrons. The zero-order valence-corrected chi connectivity index (χ0v) is 19.2. The molecule has 2 aromatic rings. The molecule has 1 aromatic carbocycles. The van der Waals surface area contributed by atoms with Crippen LogP contribution in [0.4, 0.5) is 22.4 Å². The van der Waals surface area contributed by atoms with Crippen molar-refractivity contribution in [2.24, 2.45) is 0 Å². The van der Waals surface area contributed by atoms with Crippen molar-refractivity contribution in [1.29, 1.82) is 0 Å². The average Bonchev–Trinajstić information content (AvgIpc) is 3.33. The molecule has 2 heterocycles. The maximum atomic E-state index is 15.1. The Kier molecular flexibility index (Phi) is 7.96. The van der Waals surface area contributed by atoms with Gasteiger partial charge in [0.2, 0.25) is 5.89 Å². The minimum atomic E-state index is -4.79. The molecular formula is C23H28F4N4O3. The van der Waals surface area contributed by atoms with E-state index in [9.17, 15) is 18.0 Å². The molecule has 0 aliphatic carbocycles. The first-order valence-electron chi connectivity index (χ1n) is 11.1. The number of rotatable bonds is 8. The summed E-state index contributed by atoms with van der Waals surface area (Å²) in [5, 5.41) is 6.34. The molecule has 0 saturated carbocycles. The highest BCUT2D eigenvalue weighted by molar-refractivity contribution is 5.75. The van der Waals surface area contributed by atoms with Crippen LogP contribution in [0.1, 0.15) is 44.6 Å². The lowest BCUT2D eigenvalue weighted by molar-refractivity contribution is -0.156. The van der Waals surface area contributed by atoms with E-state index in [1.807, 2.05) is 13.8 Å². The molecule has 1 aliphatic heterocycles. The zero-order chi connectivity index (χ0) is 24.9. The Morgan fingerprint density at radius 2 is 1.88 bits per heavy atom. The number of halogens is 4. The van der Waals surface area contributed by atoms with Crippen molar-refractivity contribution < 1.29 is 31.5 Å². The summed E-state index contributed by atoms with van der Waals surface area (Å²) >= 11 is 0. The van der Waals surface area contributed by atoms with Crippen LogP contribution in [0.5, 0.6) is 0 Å². The Hall–Kier alpha value is -2.95. The minimum absolute atomic E-state index is 0.0126. The summed E-state index contributed by atoms with van der Waals surface area (Å²) in [6, 6.07) is 3.64. The van der Waals surface area contributed by atoms with Gasteiger partial charge in [-0.05, 0) is 31.4 Å². The van der Waals surface area contributed by atoms with Crippen LogP contribution < -0.4 is 0 Å². The smallest absolute Gasteiger partial charge is 0.413 e. The van der Waals surface area contributed by atoms with E-state index in [4.69, 9.17) is 4.74 Å². The van der Waals surface area contributed by atoms with Crippen molar-refractivity contribution in [2.45, 2.75) is 51.4 Å². The summed E-state index contributed by atoms with van der Waals surface area (Å²) in [7, 11) is 0. The molecule has 1 aliphatic rings. The lowest BCUT2D eigenvalue weighted by Gasteiger charge is -2.45. The number of carbonyl (C=O) groups excluding carboxylic acids is 1. The molecule has 2 amide bonds. The van der Waals surface area contributed by atoms with Crippen molar-refractivity contribution >= 4 is 6.03 Å². The fourth-order valence-electron chi connectivity index (χ4n) is 4.10. The molecular weight excluding hydrogens is 456 g/mol. The number of nitrogens with zero attached hydrogens (tertiary/aromatic N) is 4. The molecule has 0 N–H and O–H groups in total. The zero-order valence-electron chi connectivity index (χ0n) is 19.2. The first-order chi connectivity index (χ1) is 16.1. The van der Waals surface area contributed by atoms with Crippen molar-refractivity contribution in [3.8, 4) is 11.5 Å². The molecule has 1 saturated heterocycles. The number of urea groups is 1. The van der Waals surface area contributed by atoms with Gasteiger partial charge in [0.25, 0.3) is 0 Å². The van der Waals surface area contributed by atoms with E-state index >= 15 is 4.39 Å². The third kappa shape index (κ3) is 5.40. The standard InChI is InChI=1S/C23H28F4N4O3/c1-4-9-22(5-2,6-3)31(21(32)30-10-12-33-13-11-30)15-17-8-7-16(14-18(17)24)19-28-29-20(34-19)23(25,26)27/h4,7-8,14H,1,5-6,9-13,15H2,2-3H3. The third-order valence-corrected chi connectivity index (χ3v) is 6.22. The van der Waals surface area contributed by atoms with Crippen molar-refractivity contribution in [2.75, 3.05) is 26.3 Å². The van der Waals surface area contributed by atoms with Gasteiger partial charge in [-0.25, -0.2) is 9.18 Å². The number of morpholine rings is 1. The van der Waals surface area contributed by atoms with E-state index in [0.717, 1.165) is 6.07 Å². The molecule has 0 bridgehead atoms. The summed E-state index contributed by atoms with van der Waals surface area (Å²) in [6.07, 6.45) is -1.25. The second kappa shape index (κ2) is 10.5. The second-order valence-electron chi connectivity index (χ2n) is 8.11. The quantitative estimate of drug-likeness (QED) is 0.376. The van der Waals surface area contributed by atoms with Crippen LogP contribution in [-0.2, 0) is 17.5 Å². The first kappa shape index (κ1) is 25.7. The normalized spacial score (nSPS) is 14.8. The second-order valence-corrected chi connectivity index (χ2v) is 8.11. The Labute approximate surface area is 195 Å². The summed E-state index contributed by atoms with van der Waals surface area (Å²) in [6.45, 7) is 9.50. The third-order valence-electron chi connectivity index (χ3n) is 6.22. The number of hydrogen-bond acceptors (Lipinski definition) is 5. The molecule has 1 aromatic heterocycles. The minimum Gasteiger partial charge on any atom is -0.413 e. The Balaban J connectivity index is 1.93. The Bertz CT molecular complexity index is 998. The Morgan fingerprint density at radius 3 is 2.41 bits per heavy atom. The average molecular weight is 484 g/mol. The number of amides is 2. The molecule has 0 radical (unpaired) electrons. The van der Waals surface area contributed by atoms with Gasteiger partial charge in [-0.3, -0.25) is 0 Å². The van der Waals surface area contributed by atoms with Gasteiger partial charge in [-0.1, -0.05) is 26.0 Å². The molecule has 3 rings (SSSR count). The van der Waals surface area contributed by atoms with Crippen LogP contribution in [-0.4, -0.2) is 57.9 Å². The van der Waals surface area contributed by atoms with Gasteiger partial charge < -0.3 is 19.0 Å². The van der Waals surface area contributed by atoms with Crippen molar-refractivity contribution in [3.63, 3.8) is 0 Å². The maximum absolute atomic E-state index is 15.1. The maximum Gasteiger partial charge on any atom is 0.470 e. The SMILES string of the molecule is C=CCC(CC)(CC)N(Cc1ccc(-c2nnc(C(F)(F)F)o2)cc1F)C(=O)N1CCOCC1. The number of aromatic nitrogens is 2. The van der Waals surface area contributed by atoms with Crippen molar-refractivity contribution in [3.05, 3.63) is 48.1 Å². The van der Waals surface area contributed by atoms with Crippen LogP contribution >= 0.6 is 0 Å². The first-order valence-corrected chi connectivity index (χ1v) is 11.1. The van der Waals surface area contributed by atoms with E-state index < -0.39 is 29.3 Å². The summed E-state index contributed by atoms with van der Waals surface area (Å²) in [5.74, 6) is -2.64. The number of carbonyl (C=O) groups is 1. The topological polar surface area (TPSA) is 71.7 Å². The number of benzene rings is 1. The van der Waals surface area contributed by atoms with Gasteiger partial charge in [-0.15, -0.1) is 16.8 Å². The Morgan fingerprint density at radius 1 is 1.21 bits per heavy atom. The molecule has 1 fully saturated rings. The molecule has 0 unspecified atom stereocenters. The lowest BCUT2D eigenvalue weighted by Crippen LogP contribution is -2.57. The highest BCUT2D eigenvalue weighted by Crippen LogP contribution is 2.34. The van der Waals surface area contributed by atoms with E-state index in [-0.39, 0.29) is 23.7 Å². The van der Waals surface area contributed by atoms with Crippen LogP contribution in [0.3, 0.4) is 0 Å². The van der Waals surface area contributed by atoms with E-state index in [1.165, 1.54) is 12.1 Å². The predicted octanol–water partition coefficient (Wildman–Crippen LogP) is 5.28. The van der Waals surface area contributed by atoms with Crippen molar-refractivity contribution in [1.82, 2.24) is 20.0 Å². The highest BCUT2D eigenvalue weighted by Gasteiger charge is 2.39. The molecule has 34 heavy (non-hydrogen) atoms. The van der Waals surface area contributed by atoms with Gasteiger partial charge in [-0.2, -0.15) is 13.2 Å². The van der Waals surface area contributed by atoms with Gasteiger partial charge in [0.05, 0.1) is 19.8 Å². The molecule has 0 atom stereocenters. The largest absolute Gasteiger partial charge is 0.470 e. The van der Waals surface area contributed by atoms with Crippen LogP contribution in [0.25, 0.3) is 11.5 Å². The van der Waals surface area contributed by atoms with Gasteiger partial charge in [0.1, 0.15) is 5.82 Å². The van der Waals surface area contributed by atoms with Gasteiger partial charge in [0.15, 0.2) is 0 Å². The monoisotopic (exact) mass is 484 g/mol. The van der Waals surface area contributed by atoms with E-state index in [0.29, 0.717) is 45.6 Å². The fraction of sp³-hybridized carbons (Fsp3) is 0.522. The summed E-state index contributed by atoms with van der Waals surface area (Å²) in [4.78, 5) is 16.9. The summed E-state index contributed by atoms with van der Waals surface area (Å²) in [5.41, 5.74) is -0.342. The number of ether oxygens (including phenoxy) is 1.